The molecule has 2 amide bonds. The molecular weight excluding hydrogens is 491 g/mol. The number of ether oxygens (including phenoxy) is 1. The van der Waals surface area contributed by atoms with E-state index in [1.54, 1.807) is 36.4 Å². The lowest BCUT2D eigenvalue weighted by Gasteiger charge is -2.32. The Morgan fingerprint density at radius 1 is 1.05 bits per heavy atom. The number of hydrogen-bond donors (Lipinski definition) is 1. The molecule has 5 nitrogen and oxygen atoms in total. The predicted octanol–water partition coefficient (Wildman–Crippen LogP) is 5.87. The fourth-order valence-corrected chi connectivity index (χ4v) is 4.78. The molecule has 37 heavy (non-hydrogen) atoms. The molecule has 0 aliphatic heterocycles. The average molecular weight is 523 g/mol. The SMILES string of the molecule is Cc1cc(OCC(=O)N(Cc2ccccc2F)[C@H](Cc2ccccc2)C(=O)NC2CCCC2)ccc1Cl. The van der Waals surface area contributed by atoms with Gasteiger partial charge in [-0.2, -0.15) is 0 Å². The van der Waals surface area contributed by atoms with Gasteiger partial charge in [-0.3, -0.25) is 9.59 Å². The van der Waals surface area contributed by atoms with Crippen LogP contribution in [0.15, 0.2) is 72.8 Å². The molecule has 0 radical (unpaired) electrons. The standard InChI is InChI=1S/C30H32ClFN2O3/c1-21-17-25(15-16-26(21)31)37-20-29(35)34(19-23-11-5-8-14-27(23)32)28(18-22-9-3-2-4-10-22)30(36)33-24-12-6-7-13-24/h2-5,8-11,14-17,24,28H,6-7,12-13,18-20H2,1H3,(H,33,36)/t28-/m1/s1. The molecule has 1 fully saturated rings. The second kappa shape index (κ2) is 12.7. The van der Waals surface area contributed by atoms with Gasteiger partial charge in [0.2, 0.25) is 5.91 Å². The van der Waals surface area contributed by atoms with Gasteiger partial charge in [-0.1, -0.05) is 73.0 Å². The predicted molar refractivity (Wildman–Crippen MR) is 143 cm³/mol. The van der Waals surface area contributed by atoms with Gasteiger partial charge in [-0.05, 0) is 55.2 Å². The summed E-state index contributed by atoms with van der Waals surface area (Å²) in [5, 5.41) is 3.74. The molecule has 0 bridgehead atoms. The van der Waals surface area contributed by atoms with Crippen LogP contribution < -0.4 is 10.1 Å². The minimum atomic E-state index is -0.828. The zero-order valence-electron chi connectivity index (χ0n) is 21.0. The third-order valence-corrected chi connectivity index (χ3v) is 7.19. The molecular formula is C30H32ClFN2O3. The number of nitrogens with one attached hydrogen (secondary N) is 1. The van der Waals surface area contributed by atoms with Crippen molar-refractivity contribution < 1.29 is 18.7 Å². The second-order valence-electron chi connectivity index (χ2n) is 9.51. The number of halogens is 2. The fourth-order valence-electron chi connectivity index (χ4n) is 4.67. The molecule has 4 rings (SSSR count). The van der Waals surface area contributed by atoms with Gasteiger partial charge in [-0.25, -0.2) is 4.39 Å². The first-order valence-electron chi connectivity index (χ1n) is 12.7. The van der Waals surface area contributed by atoms with Gasteiger partial charge in [0.25, 0.3) is 5.91 Å². The summed E-state index contributed by atoms with van der Waals surface area (Å²) in [4.78, 5) is 28.7. The smallest absolute Gasteiger partial charge is 0.261 e. The van der Waals surface area contributed by atoms with E-state index < -0.39 is 17.8 Å². The van der Waals surface area contributed by atoms with Gasteiger partial charge in [-0.15, -0.1) is 0 Å². The molecule has 3 aromatic rings. The van der Waals surface area contributed by atoms with Crippen molar-refractivity contribution in [1.29, 1.82) is 0 Å². The van der Waals surface area contributed by atoms with E-state index >= 15 is 0 Å². The average Bonchev–Trinajstić information content (AvgIpc) is 3.41. The topological polar surface area (TPSA) is 58.6 Å². The van der Waals surface area contributed by atoms with Crippen LogP contribution in [0.5, 0.6) is 5.75 Å². The van der Waals surface area contributed by atoms with E-state index in [-0.39, 0.29) is 25.1 Å². The number of rotatable bonds is 10. The molecule has 1 atom stereocenters. The minimum absolute atomic E-state index is 0.0515. The van der Waals surface area contributed by atoms with Crippen LogP contribution in [0, 0.1) is 12.7 Å². The van der Waals surface area contributed by atoms with Crippen molar-refractivity contribution >= 4 is 23.4 Å². The summed E-state index contributed by atoms with van der Waals surface area (Å²) in [6.45, 7) is 1.51. The molecule has 3 aromatic carbocycles. The van der Waals surface area contributed by atoms with Crippen molar-refractivity contribution in [3.63, 3.8) is 0 Å². The Balaban J connectivity index is 1.62. The van der Waals surface area contributed by atoms with Gasteiger partial charge in [0.1, 0.15) is 17.6 Å². The van der Waals surface area contributed by atoms with E-state index in [9.17, 15) is 14.0 Å². The molecule has 7 heteroatoms. The molecule has 1 N–H and O–H groups in total. The van der Waals surface area contributed by atoms with Gasteiger partial charge in [0.15, 0.2) is 6.61 Å². The fraction of sp³-hybridized carbons (Fsp3) is 0.333. The molecule has 1 aliphatic rings. The summed E-state index contributed by atoms with van der Waals surface area (Å²) in [5.41, 5.74) is 2.08. The number of aryl methyl sites for hydroxylation is 1. The van der Waals surface area contributed by atoms with E-state index in [1.807, 2.05) is 37.3 Å². The molecule has 0 saturated heterocycles. The monoisotopic (exact) mass is 522 g/mol. The highest BCUT2D eigenvalue weighted by Gasteiger charge is 2.32. The maximum absolute atomic E-state index is 14.7. The largest absolute Gasteiger partial charge is 0.484 e. The Morgan fingerprint density at radius 2 is 1.76 bits per heavy atom. The van der Waals surface area contributed by atoms with Crippen LogP contribution in [0.3, 0.4) is 0 Å². The highest BCUT2D eigenvalue weighted by Crippen LogP contribution is 2.23. The lowest BCUT2D eigenvalue weighted by molar-refractivity contribution is -0.143. The minimum Gasteiger partial charge on any atom is -0.484 e. The van der Waals surface area contributed by atoms with Crippen LogP contribution in [-0.4, -0.2) is 35.4 Å². The maximum atomic E-state index is 14.7. The first kappa shape index (κ1) is 26.7. The molecule has 0 unspecified atom stereocenters. The Hall–Kier alpha value is -3.38. The summed E-state index contributed by atoms with van der Waals surface area (Å²) in [6, 6.07) is 20.3. The molecule has 0 spiro atoms. The summed E-state index contributed by atoms with van der Waals surface area (Å²) >= 11 is 6.11. The lowest BCUT2D eigenvalue weighted by Crippen LogP contribution is -2.53. The highest BCUT2D eigenvalue weighted by atomic mass is 35.5. The number of carbonyl (C=O) groups is 2. The summed E-state index contributed by atoms with van der Waals surface area (Å²) in [5.74, 6) is -0.568. The maximum Gasteiger partial charge on any atom is 0.261 e. The van der Waals surface area contributed by atoms with Crippen molar-refractivity contribution in [2.75, 3.05) is 6.61 Å². The second-order valence-corrected chi connectivity index (χ2v) is 9.92. The van der Waals surface area contributed by atoms with Crippen molar-refractivity contribution in [3.05, 3.63) is 100 Å². The van der Waals surface area contributed by atoms with Gasteiger partial charge >= 0.3 is 0 Å². The van der Waals surface area contributed by atoms with E-state index in [2.05, 4.69) is 5.32 Å². The van der Waals surface area contributed by atoms with Crippen LogP contribution in [0.25, 0.3) is 0 Å². The van der Waals surface area contributed by atoms with Crippen LogP contribution in [0.4, 0.5) is 4.39 Å². The highest BCUT2D eigenvalue weighted by molar-refractivity contribution is 6.31. The number of carbonyl (C=O) groups excluding carboxylic acids is 2. The zero-order chi connectivity index (χ0) is 26.2. The van der Waals surface area contributed by atoms with E-state index in [0.29, 0.717) is 22.8 Å². The lowest BCUT2D eigenvalue weighted by atomic mass is 10.0. The first-order valence-corrected chi connectivity index (χ1v) is 13.0. The van der Waals surface area contributed by atoms with Crippen molar-refractivity contribution in [2.45, 2.75) is 57.7 Å². The summed E-state index contributed by atoms with van der Waals surface area (Å²) < 4.78 is 20.5. The molecule has 0 heterocycles. The normalized spacial score (nSPS) is 14.2. The molecule has 1 saturated carbocycles. The Morgan fingerprint density at radius 3 is 2.46 bits per heavy atom. The summed E-state index contributed by atoms with van der Waals surface area (Å²) in [7, 11) is 0. The van der Waals surface area contributed by atoms with Gasteiger partial charge < -0.3 is 15.0 Å². The Labute approximate surface area is 222 Å². The Bertz CT molecular complexity index is 1210. The number of benzene rings is 3. The van der Waals surface area contributed by atoms with E-state index in [1.165, 1.54) is 11.0 Å². The van der Waals surface area contributed by atoms with Gasteiger partial charge in [0.05, 0.1) is 0 Å². The van der Waals surface area contributed by atoms with Crippen LogP contribution in [0.2, 0.25) is 5.02 Å². The number of hydrogen-bond acceptors (Lipinski definition) is 3. The third kappa shape index (κ3) is 7.32. The van der Waals surface area contributed by atoms with Crippen molar-refractivity contribution in [2.24, 2.45) is 0 Å². The molecule has 1 aliphatic carbocycles. The molecule has 194 valence electrons. The number of nitrogens with zero attached hydrogens (tertiary/aromatic N) is 1. The third-order valence-electron chi connectivity index (χ3n) is 6.76. The van der Waals surface area contributed by atoms with Crippen LogP contribution >= 0.6 is 11.6 Å². The zero-order valence-corrected chi connectivity index (χ0v) is 21.7. The number of amides is 2. The summed E-state index contributed by atoms with van der Waals surface area (Å²) in [6.07, 6.45) is 4.29. The van der Waals surface area contributed by atoms with E-state index in [4.69, 9.17) is 16.3 Å². The molecule has 0 aromatic heterocycles. The van der Waals surface area contributed by atoms with Gasteiger partial charge in [0, 0.05) is 29.6 Å². The van der Waals surface area contributed by atoms with Crippen molar-refractivity contribution in [1.82, 2.24) is 10.2 Å². The van der Waals surface area contributed by atoms with Crippen molar-refractivity contribution in [3.8, 4) is 5.75 Å². The van der Waals surface area contributed by atoms with Crippen LogP contribution in [-0.2, 0) is 22.6 Å². The van der Waals surface area contributed by atoms with Crippen LogP contribution in [0.1, 0.15) is 42.4 Å². The quantitative estimate of drug-likeness (QED) is 0.362. The van der Waals surface area contributed by atoms with E-state index in [0.717, 1.165) is 36.8 Å². The first-order chi connectivity index (χ1) is 17.9. The Kier molecular flexibility index (Phi) is 9.18.